The molecule has 0 saturated heterocycles. The molecule has 3 N–H and O–H groups in total. The number of rotatable bonds is 6. The van der Waals surface area contributed by atoms with Crippen LogP contribution in [0.5, 0.6) is 0 Å². The van der Waals surface area contributed by atoms with Gasteiger partial charge in [-0.15, -0.1) is 0 Å². The molecule has 22 heavy (non-hydrogen) atoms. The van der Waals surface area contributed by atoms with Crippen molar-refractivity contribution >= 4 is 11.6 Å². The number of aliphatic hydroxyl groups is 1. The summed E-state index contributed by atoms with van der Waals surface area (Å²) >= 11 is 0. The Labute approximate surface area is 131 Å². The molecule has 2 aromatic rings. The van der Waals surface area contributed by atoms with E-state index in [1.807, 2.05) is 18.2 Å². The quantitative estimate of drug-likeness (QED) is 0.768. The lowest BCUT2D eigenvalue weighted by atomic mass is 10.0. The summed E-state index contributed by atoms with van der Waals surface area (Å²) in [6.07, 6.45) is 0. The third kappa shape index (κ3) is 4.09. The van der Waals surface area contributed by atoms with Gasteiger partial charge in [0, 0.05) is 24.3 Å². The number of hydrogen-bond donors (Lipinski definition) is 3. The molecule has 2 aromatic carbocycles. The molecular weight excluding hydrogens is 276 g/mol. The summed E-state index contributed by atoms with van der Waals surface area (Å²) in [7, 11) is 0. The Balaban J connectivity index is 2.06. The van der Waals surface area contributed by atoms with Gasteiger partial charge in [0.15, 0.2) is 0 Å². The highest BCUT2D eigenvalue weighted by Gasteiger charge is 2.06. The molecule has 0 atom stereocenters. The normalized spacial score (nSPS) is 10.3. The SMILES string of the molecule is Cc1cccc(C)c1CNc1cccc(C(=O)NCCO)c1. The molecule has 2 rings (SSSR count). The van der Waals surface area contributed by atoms with Gasteiger partial charge in [0.25, 0.3) is 5.91 Å². The molecule has 0 aliphatic carbocycles. The monoisotopic (exact) mass is 298 g/mol. The minimum absolute atomic E-state index is 0.0593. The molecule has 0 spiro atoms. The number of anilines is 1. The summed E-state index contributed by atoms with van der Waals surface area (Å²) in [5, 5.41) is 14.8. The number of aryl methyl sites for hydroxylation is 2. The minimum atomic E-state index is -0.176. The number of carbonyl (C=O) groups is 1. The third-order valence-electron chi connectivity index (χ3n) is 3.64. The Morgan fingerprint density at radius 1 is 1.09 bits per heavy atom. The molecule has 1 amide bonds. The summed E-state index contributed by atoms with van der Waals surface area (Å²) in [4.78, 5) is 11.9. The molecular formula is C18H22N2O2. The van der Waals surface area contributed by atoms with E-state index in [-0.39, 0.29) is 19.1 Å². The Bertz CT molecular complexity index is 633. The molecule has 0 aromatic heterocycles. The summed E-state index contributed by atoms with van der Waals surface area (Å²) in [6.45, 7) is 5.13. The fourth-order valence-corrected chi connectivity index (χ4v) is 2.36. The summed E-state index contributed by atoms with van der Waals surface area (Å²) in [6, 6.07) is 13.6. The van der Waals surface area contributed by atoms with Crippen molar-refractivity contribution in [2.75, 3.05) is 18.5 Å². The van der Waals surface area contributed by atoms with Gasteiger partial charge in [0.2, 0.25) is 0 Å². The molecule has 116 valence electrons. The van der Waals surface area contributed by atoms with E-state index < -0.39 is 0 Å². The number of aliphatic hydroxyl groups excluding tert-OH is 1. The van der Waals surface area contributed by atoms with Crippen molar-refractivity contribution in [1.82, 2.24) is 5.32 Å². The predicted molar refractivity (Wildman–Crippen MR) is 89.1 cm³/mol. The molecule has 0 aliphatic heterocycles. The van der Waals surface area contributed by atoms with Crippen LogP contribution >= 0.6 is 0 Å². The smallest absolute Gasteiger partial charge is 0.251 e. The van der Waals surface area contributed by atoms with Gasteiger partial charge >= 0.3 is 0 Å². The van der Waals surface area contributed by atoms with Crippen molar-refractivity contribution in [3.63, 3.8) is 0 Å². The van der Waals surface area contributed by atoms with E-state index in [0.717, 1.165) is 12.2 Å². The van der Waals surface area contributed by atoms with Crippen molar-refractivity contribution in [3.8, 4) is 0 Å². The van der Waals surface area contributed by atoms with Crippen LogP contribution in [0.3, 0.4) is 0 Å². The molecule has 0 aliphatic rings. The molecule has 4 heteroatoms. The Hall–Kier alpha value is -2.33. The van der Waals surface area contributed by atoms with Crippen molar-refractivity contribution < 1.29 is 9.90 Å². The first-order chi connectivity index (χ1) is 10.6. The number of amides is 1. The minimum Gasteiger partial charge on any atom is -0.395 e. The standard InChI is InChI=1S/C18H22N2O2/c1-13-5-3-6-14(2)17(13)12-20-16-8-4-7-15(11-16)18(22)19-9-10-21/h3-8,11,20-21H,9-10,12H2,1-2H3,(H,19,22). The van der Waals surface area contributed by atoms with E-state index >= 15 is 0 Å². The van der Waals surface area contributed by atoms with E-state index in [0.29, 0.717) is 5.56 Å². The van der Waals surface area contributed by atoms with Gasteiger partial charge in [-0.1, -0.05) is 24.3 Å². The summed E-state index contributed by atoms with van der Waals surface area (Å²) in [5.74, 6) is -0.176. The maximum atomic E-state index is 11.9. The predicted octanol–water partition coefficient (Wildman–Crippen LogP) is 2.64. The first kappa shape index (κ1) is 16.0. The van der Waals surface area contributed by atoms with Gasteiger partial charge < -0.3 is 15.7 Å². The lowest BCUT2D eigenvalue weighted by Crippen LogP contribution is -2.26. The topological polar surface area (TPSA) is 61.4 Å². The Morgan fingerprint density at radius 3 is 2.45 bits per heavy atom. The zero-order chi connectivity index (χ0) is 15.9. The van der Waals surface area contributed by atoms with E-state index in [1.165, 1.54) is 16.7 Å². The van der Waals surface area contributed by atoms with Crippen molar-refractivity contribution in [2.24, 2.45) is 0 Å². The highest BCUT2D eigenvalue weighted by atomic mass is 16.3. The van der Waals surface area contributed by atoms with Gasteiger partial charge in [-0.2, -0.15) is 0 Å². The van der Waals surface area contributed by atoms with Gasteiger partial charge in [-0.05, 0) is 48.7 Å². The van der Waals surface area contributed by atoms with Crippen molar-refractivity contribution in [2.45, 2.75) is 20.4 Å². The fraction of sp³-hybridized carbons (Fsp3) is 0.278. The van der Waals surface area contributed by atoms with E-state index in [1.54, 1.807) is 6.07 Å². The maximum absolute atomic E-state index is 11.9. The van der Waals surface area contributed by atoms with E-state index in [4.69, 9.17) is 5.11 Å². The summed E-state index contributed by atoms with van der Waals surface area (Å²) in [5.41, 5.74) is 5.27. The molecule has 0 heterocycles. The zero-order valence-corrected chi connectivity index (χ0v) is 13.0. The number of benzene rings is 2. The van der Waals surface area contributed by atoms with Crippen LogP contribution in [0.2, 0.25) is 0 Å². The van der Waals surface area contributed by atoms with Gasteiger partial charge in [0.1, 0.15) is 0 Å². The number of nitrogens with one attached hydrogen (secondary N) is 2. The summed E-state index contributed by atoms with van der Waals surface area (Å²) < 4.78 is 0. The van der Waals surface area contributed by atoms with Crippen LogP contribution in [0.15, 0.2) is 42.5 Å². The second-order valence-electron chi connectivity index (χ2n) is 5.28. The first-order valence-corrected chi connectivity index (χ1v) is 7.40. The lowest BCUT2D eigenvalue weighted by molar-refractivity contribution is 0.0945. The highest BCUT2D eigenvalue weighted by molar-refractivity contribution is 5.95. The average Bonchev–Trinajstić information content (AvgIpc) is 2.52. The highest BCUT2D eigenvalue weighted by Crippen LogP contribution is 2.17. The Morgan fingerprint density at radius 2 is 1.77 bits per heavy atom. The van der Waals surface area contributed by atoms with Crippen LogP contribution < -0.4 is 10.6 Å². The van der Waals surface area contributed by atoms with E-state index in [2.05, 4.69) is 42.7 Å². The molecule has 4 nitrogen and oxygen atoms in total. The van der Waals surface area contributed by atoms with Crippen molar-refractivity contribution in [1.29, 1.82) is 0 Å². The lowest BCUT2D eigenvalue weighted by Gasteiger charge is -2.12. The average molecular weight is 298 g/mol. The molecule has 0 saturated carbocycles. The fourth-order valence-electron chi connectivity index (χ4n) is 2.36. The van der Waals surface area contributed by atoms with Crippen molar-refractivity contribution in [3.05, 3.63) is 64.7 Å². The molecule has 0 radical (unpaired) electrons. The molecule has 0 fully saturated rings. The van der Waals surface area contributed by atoms with Crippen LogP contribution in [0.4, 0.5) is 5.69 Å². The largest absolute Gasteiger partial charge is 0.395 e. The number of carbonyl (C=O) groups excluding carboxylic acids is 1. The van der Waals surface area contributed by atoms with Crippen LogP contribution in [-0.4, -0.2) is 24.2 Å². The number of hydrogen-bond acceptors (Lipinski definition) is 3. The Kier molecular flexibility index (Phi) is 5.55. The van der Waals surface area contributed by atoms with Crippen LogP contribution in [-0.2, 0) is 6.54 Å². The van der Waals surface area contributed by atoms with Crippen LogP contribution in [0.1, 0.15) is 27.0 Å². The van der Waals surface area contributed by atoms with Gasteiger partial charge in [0.05, 0.1) is 6.61 Å². The van der Waals surface area contributed by atoms with Gasteiger partial charge in [-0.25, -0.2) is 0 Å². The maximum Gasteiger partial charge on any atom is 0.251 e. The molecule has 0 bridgehead atoms. The van der Waals surface area contributed by atoms with Crippen LogP contribution in [0, 0.1) is 13.8 Å². The third-order valence-corrected chi connectivity index (χ3v) is 3.64. The second kappa shape index (κ2) is 7.61. The van der Waals surface area contributed by atoms with E-state index in [9.17, 15) is 4.79 Å². The second-order valence-corrected chi connectivity index (χ2v) is 5.28. The molecule has 0 unspecified atom stereocenters. The van der Waals surface area contributed by atoms with Crippen LogP contribution in [0.25, 0.3) is 0 Å². The van der Waals surface area contributed by atoms with Gasteiger partial charge in [-0.3, -0.25) is 4.79 Å². The zero-order valence-electron chi connectivity index (χ0n) is 13.0. The first-order valence-electron chi connectivity index (χ1n) is 7.40.